The minimum atomic E-state index is -0.440. The Balaban J connectivity index is 0. The number of carbonyl (C=O) groups excluding carboxylic acids is 2. The third-order valence-corrected chi connectivity index (χ3v) is 0.699. The van der Waals surface area contributed by atoms with E-state index in [0.29, 0.717) is 6.61 Å². The summed E-state index contributed by atoms with van der Waals surface area (Å²) in [5.74, 6) is -0.599. The molecular formula is C6H10O3Ti+4. The predicted octanol–water partition coefficient (Wildman–Crippen LogP) is 0.526. The molecule has 0 aliphatic heterocycles. The SMILES string of the molecule is CCOC(=O)CC(C)=O.[Ti+4]. The van der Waals surface area contributed by atoms with Crippen molar-refractivity contribution in [2.75, 3.05) is 6.61 Å². The molecule has 0 aliphatic carbocycles. The average molecular weight is 178 g/mol. The Labute approximate surface area is 75.0 Å². The average Bonchev–Trinajstić information content (AvgIpc) is 1.63. The number of hydrogen-bond donors (Lipinski definition) is 0. The third kappa shape index (κ3) is 7.85. The van der Waals surface area contributed by atoms with Gasteiger partial charge >= 0.3 is 27.7 Å². The van der Waals surface area contributed by atoms with Gasteiger partial charge in [-0.25, -0.2) is 0 Å². The van der Waals surface area contributed by atoms with Crippen LogP contribution in [0.1, 0.15) is 20.3 Å². The Morgan fingerprint density at radius 1 is 1.40 bits per heavy atom. The molecule has 10 heavy (non-hydrogen) atoms. The van der Waals surface area contributed by atoms with Crippen LogP contribution in [0.15, 0.2) is 0 Å². The van der Waals surface area contributed by atoms with Crippen LogP contribution >= 0.6 is 0 Å². The number of carbonyl (C=O) groups is 2. The quantitative estimate of drug-likeness (QED) is 0.359. The van der Waals surface area contributed by atoms with Crippen LogP contribution in [0.3, 0.4) is 0 Å². The fourth-order valence-corrected chi connectivity index (χ4v) is 0.415. The molecule has 3 nitrogen and oxygen atoms in total. The van der Waals surface area contributed by atoms with Gasteiger partial charge in [-0.1, -0.05) is 0 Å². The number of hydrogen-bond acceptors (Lipinski definition) is 3. The first-order valence-corrected chi connectivity index (χ1v) is 2.82. The second-order valence-corrected chi connectivity index (χ2v) is 1.68. The molecule has 52 valence electrons. The number of rotatable bonds is 3. The van der Waals surface area contributed by atoms with Gasteiger partial charge in [0.25, 0.3) is 0 Å². The molecule has 0 fully saturated rings. The predicted molar refractivity (Wildman–Crippen MR) is 31.9 cm³/mol. The second-order valence-electron chi connectivity index (χ2n) is 1.68. The summed E-state index contributed by atoms with van der Waals surface area (Å²) in [6, 6.07) is 0. The van der Waals surface area contributed by atoms with E-state index in [0.717, 1.165) is 0 Å². The monoisotopic (exact) mass is 178 g/mol. The zero-order valence-electron chi connectivity index (χ0n) is 6.14. The van der Waals surface area contributed by atoms with E-state index in [2.05, 4.69) is 4.74 Å². The van der Waals surface area contributed by atoms with Crippen molar-refractivity contribution in [1.82, 2.24) is 0 Å². The van der Waals surface area contributed by atoms with Crippen LogP contribution < -0.4 is 0 Å². The summed E-state index contributed by atoms with van der Waals surface area (Å²) in [7, 11) is 0. The maximum Gasteiger partial charge on any atom is 4.00 e. The standard InChI is InChI=1S/C6H10O3.Ti/c1-3-9-6(8)4-5(2)7;/h3-4H2,1-2H3;/q;+4. The molecule has 0 aromatic carbocycles. The maximum absolute atomic E-state index is 10.4. The van der Waals surface area contributed by atoms with Crippen molar-refractivity contribution in [3.05, 3.63) is 0 Å². The summed E-state index contributed by atoms with van der Waals surface area (Å²) in [6.45, 7) is 3.40. The topological polar surface area (TPSA) is 43.4 Å². The number of Topliss-reactive ketones (excluding diaryl/α,β-unsaturated/α-hetero) is 1. The van der Waals surface area contributed by atoms with E-state index in [-0.39, 0.29) is 33.9 Å². The van der Waals surface area contributed by atoms with E-state index in [1.165, 1.54) is 6.92 Å². The minimum absolute atomic E-state index is 0. The molecule has 0 N–H and O–H groups in total. The van der Waals surface area contributed by atoms with Crippen LogP contribution in [0, 0.1) is 0 Å². The molecule has 0 spiro atoms. The summed E-state index contributed by atoms with van der Waals surface area (Å²) < 4.78 is 4.49. The van der Waals surface area contributed by atoms with Gasteiger partial charge < -0.3 is 4.74 Å². The zero-order chi connectivity index (χ0) is 7.28. The van der Waals surface area contributed by atoms with Crippen LogP contribution in [0.4, 0.5) is 0 Å². The molecule has 0 saturated heterocycles. The van der Waals surface area contributed by atoms with E-state index in [9.17, 15) is 9.59 Å². The molecule has 4 heteroatoms. The van der Waals surface area contributed by atoms with Gasteiger partial charge in [0.1, 0.15) is 12.2 Å². The van der Waals surface area contributed by atoms with E-state index in [1.54, 1.807) is 6.92 Å². The molecule has 0 saturated carbocycles. The van der Waals surface area contributed by atoms with Crippen molar-refractivity contribution in [3.63, 3.8) is 0 Å². The fourth-order valence-electron chi connectivity index (χ4n) is 0.415. The van der Waals surface area contributed by atoms with Crippen LogP contribution in [-0.4, -0.2) is 18.4 Å². The molecule has 0 atom stereocenters. The van der Waals surface area contributed by atoms with Crippen LogP contribution in [-0.2, 0) is 36.0 Å². The first-order chi connectivity index (χ1) is 4.16. The zero-order valence-corrected chi connectivity index (χ0v) is 7.70. The van der Waals surface area contributed by atoms with Gasteiger partial charge in [0, 0.05) is 0 Å². The van der Waals surface area contributed by atoms with Gasteiger partial charge in [-0.05, 0) is 13.8 Å². The fraction of sp³-hybridized carbons (Fsp3) is 0.667. The number of ketones is 1. The minimum Gasteiger partial charge on any atom is -0.466 e. The molecule has 0 aromatic heterocycles. The number of esters is 1. The van der Waals surface area contributed by atoms with E-state index >= 15 is 0 Å². The first-order valence-electron chi connectivity index (χ1n) is 2.82. The second kappa shape index (κ2) is 6.97. The Hall–Kier alpha value is -0.146. The van der Waals surface area contributed by atoms with E-state index in [1.807, 2.05) is 0 Å². The largest absolute Gasteiger partial charge is 4.00 e. The molecule has 0 heterocycles. The van der Waals surface area contributed by atoms with Gasteiger partial charge in [0.15, 0.2) is 0 Å². The van der Waals surface area contributed by atoms with Gasteiger partial charge in [-0.2, -0.15) is 0 Å². The molecule has 0 bridgehead atoms. The summed E-state index contributed by atoms with van der Waals surface area (Å²) in [4.78, 5) is 20.6. The van der Waals surface area contributed by atoms with Crippen LogP contribution in [0.25, 0.3) is 0 Å². The normalized spacial score (nSPS) is 7.80. The molecule has 0 radical (unpaired) electrons. The van der Waals surface area contributed by atoms with Crippen molar-refractivity contribution < 1.29 is 36.0 Å². The summed E-state index contributed by atoms with van der Waals surface area (Å²) in [6.07, 6.45) is -0.103. The van der Waals surface area contributed by atoms with Gasteiger partial charge in [0.2, 0.25) is 0 Å². The molecular weight excluding hydrogens is 168 g/mol. The van der Waals surface area contributed by atoms with Crippen molar-refractivity contribution in [1.29, 1.82) is 0 Å². The molecule has 0 aromatic rings. The third-order valence-electron chi connectivity index (χ3n) is 0.699. The Kier molecular flexibility index (Phi) is 8.73. The summed E-state index contributed by atoms with van der Waals surface area (Å²) >= 11 is 0. The van der Waals surface area contributed by atoms with Crippen LogP contribution in [0.2, 0.25) is 0 Å². The van der Waals surface area contributed by atoms with Crippen molar-refractivity contribution in [2.24, 2.45) is 0 Å². The Morgan fingerprint density at radius 3 is 2.20 bits per heavy atom. The Bertz CT molecular complexity index is 122. The molecule has 0 rings (SSSR count). The molecule has 0 aliphatic rings. The van der Waals surface area contributed by atoms with Crippen molar-refractivity contribution in [2.45, 2.75) is 20.3 Å². The summed E-state index contributed by atoms with van der Waals surface area (Å²) in [5.41, 5.74) is 0. The van der Waals surface area contributed by atoms with Gasteiger partial charge in [-0.15, -0.1) is 0 Å². The molecule has 0 unspecified atom stereocenters. The first kappa shape index (κ1) is 12.5. The number of ether oxygens (including phenoxy) is 1. The summed E-state index contributed by atoms with van der Waals surface area (Å²) in [5, 5.41) is 0. The van der Waals surface area contributed by atoms with E-state index in [4.69, 9.17) is 0 Å². The Morgan fingerprint density at radius 2 is 1.90 bits per heavy atom. The van der Waals surface area contributed by atoms with Crippen molar-refractivity contribution in [3.8, 4) is 0 Å². The smallest absolute Gasteiger partial charge is 0.466 e. The van der Waals surface area contributed by atoms with E-state index < -0.39 is 5.97 Å². The van der Waals surface area contributed by atoms with Crippen molar-refractivity contribution >= 4 is 11.8 Å². The van der Waals surface area contributed by atoms with Gasteiger partial charge in [0.05, 0.1) is 6.61 Å². The molecule has 0 amide bonds. The van der Waals surface area contributed by atoms with Crippen LogP contribution in [0.5, 0.6) is 0 Å². The van der Waals surface area contributed by atoms with Gasteiger partial charge in [-0.3, -0.25) is 9.59 Å². The maximum atomic E-state index is 10.4.